The Kier molecular flexibility index (Phi) is 9.20. The molecule has 1 aromatic carbocycles. The minimum atomic E-state index is -0.162. The molecule has 2 N–H and O–H groups in total. The van der Waals surface area contributed by atoms with Crippen LogP contribution in [0.1, 0.15) is 31.2 Å². The lowest BCUT2D eigenvalue weighted by atomic mass is 10.2. The number of hydrogen-bond donors (Lipinski definition) is 2. The van der Waals surface area contributed by atoms with Crippen LogP contribution in [0.25, 0.3) is 0 Å². The van der Waals surface area contributed by atoms with Crippen LogP contribution in [0.3, 0.4) is 0 Å². The van der Waals surface area contributed by atoms with Crippen LogP contribution in [-0.4, -0.2) is 24.7 Å². The van der Waals surface area contributed by atoms with Crippen LogP contribution in [0, 0.1) is 0 Å². The molecule has 1 rings (SSSR count). The molecule has 0 aliphatic heterocycles. The van der Waals surface area contributed by atoms with Crippen molar-refractivity contribution in [2.75, 3.05) is 13.7 Å². The van der Waals surface area contributed by atoms with Gasteiger partial charge in [0.05, 0.1) is 7.11 Å². The number of ether oxygens (including phenoxy) is 1. The molecule has 0 bridgehead atoms. The van der Waals surface area contributed by atoms with Gasteiger partial charge in [-0.25, -0.2) is 0 Å². The van der Waals surface area contributed by atoms with Crippen molar-refractivity contribution >= 4 is 46.5 Å². The maximum atomic E-state index is 10.9. The van der Waals surface area contributed by atoms with Crippen molar-refractivity contribution in [2.45, 2.75) is 32.2 Å². The highest BCUT2D eigenvalue weighted by atomic mass is 35.5. The number of thiocarbonyl (C=S) groups is 1. The van der Waals surface area contributed by atoms with E-state index in [1.54, 1.807) is 12.1 Å². The molecule has 0 aliphatic rings. The van der Waals surface area contributed by atoms with E-state index in [1.807, 2.05) is 6.07 Å². The third kappa shape index (κ3) is 7.82. The molecule has 0 fully saturated rings. The van der Waals surface area contributed by atoms with Gasteiger partial charge in [-0.1, -0.05) is 35.7 Å². The molecule has 0 saturated heterocycles. The summed E-state index contributed by atoms with van der Waals surface area (Å²) in [7, 11) is 1.40. The van der Waals surface area contributed by atoms with Gasteiger partial charge < -0.3 is 15.4 Å². The van der Waals surface area contributed by atoms with Crippen LogP contribution >= 0.6 is 35.4 Å². The molecule has 0 atom stereocenters. The number of unbranched alkanes of at least 4 members (excludes halogenated alkanes) is 2. The number of esters is 1. The smallest absolute Gasteiger partial charge is 0.305 e. The number of benzene rings is 1. The van der Waals surface area contributed by atoms with E-state index in [-0.39, 0.29) is 5.97 Å². The standard InChI is InChI=1S/C15H20Cl2N2O2S/c1-21-14(20)5-3-2-4-8-18-15(22)19-10-11-6-7-12(16)9-13(11)17/h6-7,9H,2-5,8,10H2,1H3,(H2,18,19,22). The van der Waals surface area contributed by atoms with Gasteiger partial charge in [0.25, 0.3) is 0 Å². The van der Waals surface area contributed by atoms with E-state index in [1.165, 1.54) is 7.11 Å². The average molecular weight is 363 g/mol. The summed E-state index contributed by atoms with van der Waals surface area (Å²) < 4.78 is 4.58. The Morgan fingerprint density at radius 3 is 2.68 bits per heavy atom. The second-order valence-corrected chi connectivity index (χ2v) is 5.98. The summed E-state index contributed by atoms with van der Waals surface area (Å²) in [6.45, 7) is 1.31. The summed E-state index contributed by atoms with van der Waals surface area (Å²) in [6.07, 6.45) is 3.19. The van der Waals surface area contributed by atoms with Crippen LogP contribution in [0.2, 0.25) is 10.0 Å². The minimum absolute atomic E-state index is 0.162. The quantitative estimate of drug-likeness (QED) is 0.419. The normalized spacial score (nSPS) is 10.1. The van der Waals surface area contributed by atoms with Crippen LogP contribution < -0.4 is 10.6 Å². The summed E-state index contributed by atoms with van der Waals surface area (Å²) in [4.78, 5) is 10.9. The van der Waals surface area contributed by atoms with Gasteiger partial charge in [0.15, 0.2) is 5.11 Å². The van der Waals surface area contributed by atoms with E-state index in [0.29, 0.717) is 28.1 Å². The Bertz CT molecular complexity index is 512. The maximum absolute atomic E-state index is 10.9. The van der Waals surface area contributed by atoms with E-state index in [9.17, 15) is 4.79 Å². The Labute approximate surface area is 146 Å². The number of methoxy groups -OCH3 is 1. The lowest BCUT2D eigenvalue weighted by Gasteiger charge is -2.11. The highest BCUT2D eigenvalue weighted by Crippen LogP contribution is 2.20. The van der Waals surface area contributed by atoms with Crippen LogP contribution in [0.4, 0.5) is 0 Å². The Hall–Kier alpha value is -1.04. The molecule has 0 unspecified atom stereocenters. The molecule has 122 valence electrons. The van der Waals surface area contributed by atoms with Gasteiger partial charge in [-0.15, -0.1) is 0 Å². The predicted molar refractivity (Wildman–Crippen MR) is 94.4 cm³/mol. The lowest BCUT2D eigenvalue weighted by Crippen LogP contribution is -2.35. The van der Waals surface area contributed by atoms with Gasteiger partial charge in [0.2, 0.25) is 0 Å². The van der Waals surface area contributed by atoms with Crippen molar-refractivity contribution < 1.29 is 9.53 Å². The van der Waals surface area contributed by atoms with Gasteiger partial charge in [-0.05, 0) is 42.8 Å². The summed E-state index contributed by atoms with van der Waals surface area (Å²) >= 11 is 17.1. The summed E-state index contributed by atoms with van der Waals surface area (Å²) in [5, 5.41) is 8.03. The molecule has 4 nitrogen and oxygen atoms in total. The molecule has 0 spiro atoms. The largest absolute Gasteiger partial charge is 0.469 e. The summed E-state index contributed by atoms with van der Waals surface area (Å²) in [5.41, 5.74) is 0.938. The van der Waals surface area contributed by atoms with Crippen molar-refractivity contribution in [3.05, 3.63) is 33.8 Å². The number of rotatable bonds is 8. The highest BCUT2D eigenvalue weighted by molar-refractivity contribution is 7.80. The van der Waals surface area contributed by atoms with Crippen molar-refractivity contribution in [3.8, 4) is 0 Å². The average Bonchev–Trinajstić information content (AvgIpc) is 2.49. The van der Waals surface area contributed by atoms with Crippen LogP contribution in [0.5, 0.6) is 0 Å². The molecule has 1 aromatic rings. The molecule has 0 aromatic heterocycles. The van der Waals surface area contributed by atoms with E-state index >= 15 is 0 Å². The fourth-order valence-corrected chi connectivity index (χ4v) is 2.43. The molecular formula is C15H20Cl2N2O2S. The van der Waals surface area contributed by atoms with Crippen LogP contribution in [-0.2, 0) is 16.1 Å². The number of carbonyl (C=O) groups is 1. The van der Waals surface area contributed by atoms with Gasteiger partial charge in [0, 0.05) is 29.6 Å². The zero-order valence-electron chi connectivity index (χ0n) is 12.5. The van der Waals surface area contributed by atoms with Gasteiger partial charge in [0.1, 0.15) is 0 Å². The van der Waals surface area contributed by atoms with Gasteiger partial charge in [-0.2, -0.15) is 0 Å². The zero-order chi connectivity index (χ0) is 16.4. The highest BCUT2D eigenvalue weighted by Gasteiger charge is 2.03. The van der Waals surface area contributed by atoms with Crippen molar-refractivity contribution in [1.29, 1.82) is 0 Å². The fourth-order valence-electron chi connectivity index (χ4n) is 1.78. The van der Waals surface area contributed by atoms with E-state index < -0.39 is 0 Å². The molecule has 0 saturated carbocycles. The molecular weight excluding hydrogens is 343 g/mol. The third-order valence-electron chi connectivity index (χ3n) is 3.03. The molecule has 0 radical (unpaired) electrons. The Morgan fingerprint density at radius 2 is 2.00 bits per heavy atom. The minimum Gasteiger partial charge on any atom is -0.469 e. The van der Waals surface area contributed by atoms with Crippen molar-refractivity contribution in [2.24, 2.45) is 0 Å². The van der Waals surface area contributed by atoms with Gasteiger partial charge >= 0.3 is 5.97 Å². The Balaban J connectivity index is 2.12. The second kappa shape index (κ2) is 10.6. The van der Waals surface area contributed by atoms with Crippen molar-refractivity contribution in [1.82, 2.24) is 10.6 Å². The van der Waals surface area contributed by atoms with Crippen LogP contribution in [0.15, 0.2) is 18.2 Å². The topological polar surface area (TPSA) is 50.4 Å². The summed E-state index contributed by atoms with van der Waals surface area (Å²) in [5.74, 6) is -0.162. The number of halogens is 2. The summed E-state index contributed by atoms with van der Waals surface area (Å²) in [6, 6.07) is 5.37. The van der Waals surface area contributed by atoms with Crippen molar-refractivity contribution in [3.63, 3.8) is 0 Å². The third-order valence-corrected chi connectivity index (χ3v) is 3.90. The monoisotopic (exact) mass is 362 g/mol. The zero-order valence-corrected chi connectivity index (χ0v) is 14.8. The predicted octanol–water partition coefficient (Wildman–Crippen LogP) is 3.69. The van der Waals surface area contributed by atoms with E-state index in [2.05, 4.69) is 15.4 Å². The molecule has 22 heavy (non-hydrogen) atoms. The molecule has 0 amide bonds. The number of carbonyl (C=O) groups excluding carboxylic acids is 1. The molecule has 0 aliphatic carbocycles. The molecule has 7 heteroatoms. The number of nitrogens with one attached hydrogen (secondary N) is 2. The first kappa shape index (κ1) is 19.0. The fraction of sp³-hybridized carbons (Fsp3) is 0.467. The first-order valence-electron chi connectivity index (χ1n) is 7.05. The van der Waals surface area contributed by atoms with E-state index in [0.717, 1.165) is 31.4 Å². The van der Waals surface area contributed by atoms with E-state index in [4.69, 9.17) is 35.4 Å². The SMILES string of the molecule is COC(=O)CCCCCNC(=S)NCc1ccc(Cl)cc1Cl. The number of hydrogen-bond acceptors (Lipinski definition) is 3. The maximum Gasteiger partial charge on any atom is 0.305 e. The van der Waals surface area contributed by atoms with Gasteiger partial charge in [-0.3, -0.25) is 4.79 Å². The first-order chi connectivity index (χ1) is 10.5. The lowest BCUT2D eigenvalue weighted by molar-refractivity contribution is -0.140. The molecule has 0 heterocycles. The Morgan fingerprint density at radius 1 is 1.23 bits per heavy atom. The second-order valence-electron chi connectivity index (χ2n) is 4.73. The first-order valence-corrected chi connectivity index (χ1v) is 8.22.